The highest BCUT2D eigenvalue weighted by atomic mass is 32.2. The highest BCUT2D eigenvalue weighted by Crippen LogP contribution is 2.21. The minimum Gasteiger partial charge on any atom is -0.460 e. The number of esters is 1. The number of nitrogens with one attached hydrogen (secondary N) is 2. The van der Waals surface area contributed by atoms with Crippen molar-refractivity contribution in [3.05, 3.63) is 0 Å². The molecule has 7 nitrogen and oxygen atoms in total. The Bertz CT molecular complexity index is 572. The van der Waals surface area contributed by atoms with Crippen LogP contribution in [-0.4, -0.2) is 64.5 Å². The van der Waals surface area contributed by atoms with Gasteiger partial charge in [-0.1, -0.05) is 13.8 Å². The number of rotatable bonds is 13. The minimum absolute atomic E-state index is 0.103. The van der Waals surface area contributed by atoms with Crippen LogP contribution < -0.4 is 10.6 Å². The van der Waals surface area contributed by atoms with Crippen LogP contribution >= 0.6 is 0 Å². The lowest BCUT2D eigenvalue weighted by atomic mass is 9.91. The molecular formula is C23H45N3O4S. The van der Waals surface area contributed by atoms with Crippen LogP contribution in [0.2, 0.25) is 0 Å². The molecule has 1 amide bonds. The summed E-state index contributed by atoms with van der Waals surface area (Å²) in [6, 6.07) is 0.499. The van der Waals surface area contributed by atoms with Gasteiger partial charge in [0.05, 0.1) is 16.9 Å². The Morgan fingerprint density at radius 1 is 1.10 bits per heavy atom. The lowest BCUT2D eigenvalue weighted by molar-refractivity contribution is -0.161. The fourth-order valence-corrected chi connectivity index (χ4v) is 4.38. The van der Waals surface area contributed by atoms with E-state index in [9.17, 15) is 13.8 Å². The molecule has 0 aromatic heterocycles. The maximum atomic E-state index is 12.1. The van der Waals surface area contributed by atoms with Crippen molar-refractivity contribution in [3.8, 4) is 0 Å². The van der Waals surface area contributed by atoms with Crippen molar-refractivity contribution in [3.63, 3.8) is 0 Å². The van der Waals surface area contributed by atoms with Crippen LogP contribution in [0.4, 0.5) is 0 Å². The summed E-state index contributed by atoms with van der Waals surface area (Å²) < 4.78 is 18.9. The molecular weight excluding hydrogens is 414 g/mol. The largest absolute Gasteiger partial charge is 0.460 e. The normalized spacial score (nSPS) is 18.9. The highest BCUT2D eigenvalue weighted by Gasteiger charge is 2.25. The van der Waals surface area contributed by atoms with E-state index in [-0.39, 0.29) is 23.7 Å². The molecule has 0 aromatic carbocycles. The number of unbranched alkanes of at least 4 members (excludes halogenated alkanes) is 1. The molecule has 0 bridgehead atoms. The van der Waals surface area contributed by atoms with Gasteiger partial charge in [-0.25, -0.2) is 8.51 Å². The van der Waals surface area contributed by atoms with Gasteiger partial charge in [-0.15, -0.1) is 0 Å². The number of piperidine rings is 1. The number of hydrogen-bond donors (Lipinski definition) is 2. The van der Waals surface area contributed by atoms with Gasteiger partial charge >= 0.3 is 5.97 Å². The van der Waals surface area contributed by atoms with Gasteiger partial charge in [0, 0.05) is 38.4 Å². The zero-order valence-corrected chi connectivity index (χ0v) is 21.3. The van der Waals surface area contributed by atoms with Crippen molar-refractivity contribution in [2.45, 2.75) is 91.2 Å². The predicted molar refractivity (Wildman–Crippen MR) is 127 cm³/mol. The number of nitrogens with zero attached hydrogens (tertiary/aromatic N) is 1. The Morgan fingerprint density at radius 2 is 1.74 bits per heavy atom. The molecule has 1 rings (SSSR count). The monoisotopic (exact) mass is 459 g/mol. The van der Waals surface area contributed by atoms with Crippen molar-refractivity contribution in [1.82, 2.24) is 14.9 Å². The fourth-order valence-electron chi connectivity index (χ4n) is 3.65. The first-order valence-corrected chi connectivity index (χ1v) is 13.3. The Morgan fingerprint density at radius 3 is 2.32 bits per heavy atom. The van der Waals surface area contributed by atoms with E-state index < -0.39 is 16.6 Å². The SMILES string of the molecule is CC(CCCNC(=O)CCCCNC1CCN(S(C)=O)CC1)[C@H](C)C(=O)OC(C)(C)C. The zero-order valence-electron chi connectivity index (χ0n) is 20.5. The van der Waals surface area contributed by atoms with Crippen molar-refractivity contribution in [2.24, 2.45) is 11.8 Å². The van der Waals surface area contributed by atoms with E-state index >= 15 is 0 Å². The Balaban J connectivity index is 2.03. The predicted octanol–water partition coefficient (Wildman–Crippen LogP) is 3.01. The van der Waals surface area contributed by atoms with Gasteiger partial charge in [0.1, 0.15) is 5.60 Å². The number of hydrogen-bond acceptors (Lipinski definition) is 5. The standard InChI is InChI=1S/C23H45N3O4S/c1-18(19(2)22(28)30-23(3,4)5)10-9-15-25-21(27)11-7-8-14-24-20-12-16-26(17-13-20)31(6)29/h18-20,24H,7-17H2,1-6H3,(H,25,27)/t18?,19-,31?/m0/s1. The van der Waals surface area contributed by atoms with E-state index in [2.05, 4.69) is 17.6 Å². The summed E-state index contributed by atoms with van der Waals surface area (Å²) in [5.74, 6) is 0.0379. The van der Waals surface area contributed by atoms with Gasteiger partial charge in [0.15, 0.2) is 0 Å². The lowest BCUT2D eigenvalue weighted by Gasteiger charge is -2.30. The second kappa shape index (κ2) is 14.2. The van der Waals surface area contributed by atoms with Gasteiger partial charge < -0.3 is 15.4 Å². The first-order valence-electron chi connectivity index (χ1n) is 11.8. The average molecular weight is 460 g/mol. The summed E-state index contributed by atoms with van der Waals surface area (Å²) >= 11 is 0. The second-order valence-corrected chi connectivity index (χ2v) is 11.2. The number of carbonyl (C=O) groups is 2. The van der Waals surface area contributed by atoms with Crippen LogP contribution in [0.15, 0.2) is 0 Å². The van der Waals surface area contributed by atoms with Crippen molar-refractivity contribution >= 4 is 22.9 Å². The number of ether oxygens (including phenoxy) is 1. The van der Waals surface area contributed by atoms with E-state index in [4.69, 9.17) is 4.74 Å². The van der Waals surface area contributed by atoms with Gasteiger partial charge in [0.25, 0.3) is 0 Å². The molecule has 8 heteroatoms. The van der Waals surface area contributed by atoms with E-state index in [1.165, 1.54) is 0 Å². The molecule has 0 aromatic rings. The molecule has 0 spiro atoms. The quantitative estimate of drug-likeness (QED) is 0.327. The van der Waals surface area contributed by atoms with Gasteiger partial charge in [-0.2, -0.15) is 0 Å². The molecule has 182 valence electrons. The third-order valence-electron chi connectivity index (χ3n) is 5.87. The maximum Gasteiger partial charge on any atom is 0.309 e. The highest BCUT2D eigenvalue weighted by molar-refractivity contribution is 7.81. The summed E-state index contributed by atoms with van der Waals surface area (Å²) in [6.45, 7) is 13.0. The number of carbonyl (C=O) groups excluding carboxylic acids is 2. The molecule has 0 radical (unpaired) electrons. The third kappa shape index (κ3) is 12.6. The van der Waals surface area contributed by atoms with Gasteiger partial charge in [-0.05, 0) is 71.8 Å². The second-order valence-electron chi connectivity index (χ2n) is 9.83. The van der Waals surface area contributed by atoms with Crippen LogP contribution in [0.1, 0.15) is 79.6 Å². The van der Waals surface area contributed by atoms with E-state index in [0.717, 1.165) is 58.2 Å². The lowest BCUT2D eigenvalue weighted by Crippen LogP contribution is -2.43. The van der Waals surface area contributed by atoms with Crippen LogP contribution in [-0.2, 0) is 25.3 Å². The van der Waals surface area contributed by atoms with Crippen molar-refractivity contribution < 1.29 is 18.5 Å². The summed E-state index contributed by atoms with van der Waals surface area (Å²) in [7, 11) is -0.856. The Hall–Kier alpha value is -0.990. The summed E-state index contributed by atoms with van der Waals surface area (Å²) in [6.07, 6.45) is 7.97. The molecule has 0 saturated carbocycles. The van der Waals surface area contributed by atoms with Crippen LogP contribution in [0.5, 0.6) is 0 Å². The van der Waals surface area contributed by atoms with E-state index in [1.54, 1.807) is 6.26 Å². The van der Waals surface area contributed by atoms with Gasteiger partial charge in [0.2, 0.25) is 5.91 Å². The molecule has 1 fully saturated rings. The molecule has 31 heavy (non-hydrogen) atoms. The molecule has 3 atom stereocenters. The molecule has 1 saturated heterocycles. The van der Waals surface area contributed by atoms with Gasteiger partial charge in [-0.3, -0.25) is 9.59 Å². The average Bonchev–Trinajstić information content (AvgIpc) is 2.69. The fraction of sp³-hybridized carbons (Fsp3) is 0.913. The van der Waals surface area contributed by atoms with E-state index in [0.29, 0.717) is 19.0 Å². The van der Waals surface area contributed by atoms with Crippen molar-refractivity contribution in [1.29, 1.82) is 0 Å². The number of amides is 1. The minimum atomic E-state index is -0.856. The molecule has 1 aliphatic rings. The molecule has 1 aliphatic heterocycles. The zero-order chi connectivity index (χ0) is 23.4. The molecule has 1 heterocycles. The maximum absolute atomic E-state index is 12.1. The molecule has 0 aliphatic carbocycles. The van der Waals surface area contributed by atoms with Crippen LogP contribution in [0, 0.1) is 11.8 Å². The van der Waals surface area contributed by atoms with Crippen LogP contribution in [0.3, 0.4) is 0 Å². The summed E-state index contributed by atoms with van der Waals surface area (Å²) in [5.41, 5.74) is -0.456. The van der Waals surface area contributed by atoms with Crippen molar-refractivity contribution in [2.75, 3.05) is 32.4 Å². The Kier molecular flexibility index (Phi) is 12.9. The summed E-state index contributed by atoms with van der Waals surface area (Å²) in [4.78, 5) is 24.2. The van der Waals surface area contributed by atoms with E-state index in [1.807, 2.05) is 32.0 Å². The molecule has 2 unspecified atom stereocenters. The first-order chi connectivity index (χ1) is 14.5. The third-order valence-corrected chi connectivity index (χ3v) is 6.96. The van der Waals surface area contributed by atoms with Crippen LogP contribution in [0.25, 0.3) is 0 Å². The molecule has 2 N–H and O–H groups in total. The Labute approximate surface area is 192 Å². The topological polar surface area (TPSA) is 87.7 Å². The first kappa shape index (κ1) is 28.0. The smallest absolute Gasteiger partial charge is 0.309 e. The summed E-state index contributed by atoms with van der Waals surface area (Å²) in [5, 5.41) is 6.55.